The van der Waals surface area contributed by atoms with Gasteiger partial charge in [0.1, 0.15) is 11.6 Å². The fourth-order valence-corrected chi connectivity index (χ4v) is 3.40. The molecule has 1 unspecified atom stereocenters. The van der Waals surface area contributed by atoms with Gasteiger partial charge >= 0.3 is 5.97 Å². The molecule has 0 saturated carbocycles. The molecule has 0 radical (unpaired) electrons. The lowest BCUT2D eigenvalue weighted by Crippen LogP contribution is -2.39. The third-order valence-corrected chi connectivity index (χ3v) is 5.19. The molecule has 2 atom stereocenters. The van der Waals surface area contributed by atoms with Gasteiger partial charge in [0.05, 0.1) is 25.3 Å². The maximum atomic E-state index is 12.4. The summed E-state index contributed by atoms with van der Waals surface area (Å²) in [5.74, 6) is -0.953. The van der Waals surface area contributed by atoms with E-state index < -0.39 is 17.6 Å². The highest BCUT2D eigenvalue weighted by molar-refractivity contribution is 6.00. The predicted octanol–water partition coefficient (Wildman–Crippen LogP) is 2.75. The van der Waals surface area contributed by atoms with Crippen LogP contribution in [0.25, 0.3) is 10.8 Å². The molecule has 3 N–H and O–H groups in total. The smallest absolute Gasteiger partial charge is 0.328 e. The lowest BCUT2D eigenvalue weighted by Gasteiger charge is -2.32. The van der Waals surface area contributed by atoms with Gasteiger partial charge in [0.25, 0.3) is 5.91 Å². The number of nitrogens with one attached hydrogen (secondary N) is 2. The first-order chi connectivity index (χ1) is 13.8. The highest BCUT2D eigenvalue weighted by Gasteiger charge is 2.36. The molecule has 3 rings (SSSR count). The topological polar surface area (TPSA) is 104 Å². The van der Waals surface area contributed by atoms with Crippen LogP contribution in [0.5, 0.6) is 0 Å². The molecule has 7 nitrogen and oxygen atoms in total. The lowest BCUT2D eigenvalue weighted by atomic mass is 9.80. The van der Waals surface area contributed by atoms with Crippen LogP contribution in [-0.2, 0) is 15.1 Å². The third-order valence-electron chi connectivity index (χ3n) is 5.19. The van der Waals surface area contributed by atoms with Crippen molar-refractivity contribution in [3.05, 3.63) is 65.7 Å². The number of hydrogen-bond acceptors (Lipinski definition) is 5. The Morgan fingerprint density at radius 3 is 2.45 bits per heavy atom. The van der Waals surface area contributed by atoms with E-state index in [9.17, 15) is 14.7 Å². The first-order valence-corrected chi connectivity index (χ1v) is 9.41. The van der Waals surface area contributed by atoms with Crippen LogP contribution in [0.2, 0.25) is 0 Å². The molecule has 1 aromatic heterocycles. The number of nitrogens with zero attached hydrogens (tertiary/aromatic N) is 1. The number of hydrogen-bond donors (Lipinski definition) is 3. The minimum absolute atomic E-state index is 0.0924. The summed E-state index contributed by atoms with van der Waals surface area (Å²) in [5, 5.41) is 15.8. The number of aromatic nitrogens is 2. The molecule has 29 heavy (non-hydrogen) atoms. The van der Waals surface area contributed by atoms with E-state index in [4.69, 9.17) is 0 Å². The number of ether oxygens (including phenoxy) is 1. The number of aliphatic hydroxyl groups is 1. The number of esters is 1. The van der Waals surface area contributed by atoms with Crippen molar-refractivity contribution < 1.29 is 19.4 Å². The molecule has 2 aromatic carbocycles. The molecule has 0 aliphatic heterocycles. The van der Waals surface area contributed by atoms with Gasteiger partial charge in [-0.15, -0.1) is 0 Å². The number of benzene rings is 2. The maximum absolute atomic E-state index is 12.4. The van der Waals surface area contributed by atoms with E-state index >= 15 is 0 Å². The molecule has 0 aliphatic carbocycles. The Morgan fingerprint density at radius 2 is 1.83 bits per heavy atom. The Hall–Kier alpha value is -3.19. The minimum atomic E-state index is -1.21. The Kier molecular flexibility index (Phi) is 5.70. The van der Waals surface area contributed by atoms with E-state index in [2.05, 4.69) is 20.0 Å². The normalized spacial score (nSPS) is 14.4. The Bertz CT molecular complexity index is 1030. The van der Waals surface area contributed by atoms with Crippen LogP contribution in [0.1, 0.15) is 42.4 Å². The summed E-state index contributed by atoms with van der Waals surface area (Å²) in [7, 11) is 1.28. The lowest BCUT2D eigenvalue weighted by molar-refractivity contribution is -0.142. The van der Waals surface area contributed by atoms with Gasteiger partial charge in [0, 0.05) is 5.56 Å². The van der Waals surface area contributed by atoms with E-state index in [1.165, 1.54) is 7.11 Å². The predicted molar refractivity (Wildman–Crippen MR) is 109 cm³/mol. The van der Waals surface area contributed by atoms with Gasteiger partial charge in [-0.25, -0.2) is 9.78 Å². The van der Waals surface area contributed by atoms with E-state index in [-0.39, 0.29) is 11.8 Å². The molecule has 152 valence electrons. The number of carbonyl (C=O) groups is 2. The van der Waals surface area contributed by atoms with Crippen LogP contribution in [0.3, 0.4) is 0 Å². The van der Waals surface area contributed by atoms with Gasteiger partial charge in [-0.1, -0.05) is 32.0 Å². The SMILES string of the molecule is COC(=O)[C@H](C)NC(=O)c1ccc2cc(C(O)(c3cnc[nH]3)C(C)C)ccc2c1. The van der Waals surface area contributed by atoms with E-state index in [0.717, 1.165) is 16.3 Å². The van der Waals surface area contributed by atoms with Crippen molar-refractivity contribution in [1.82, 2.24) is 15.3 Å². The average Bonchev–Trinajstić information content (AvgIpc) is 3.26. The van der Waals surface area contributed by atoms with Crippen molar-refractivity contribution >= 4 is 22.6 Å². The zero-order chi connectivity index (χ0) is 21.2. The summed E-state index contributed by atoms with van der Waals surface area (Å²) >= 11 is 0. The van der Waals surface area contributed by atoms with E-state index in [1.54, 1.807) is 31.6 Å². The summed E-state index contributed by atoms with van der Waals surface area (Å²) in [6.45, 7) is 5.46. The summed E-state index contributed by atoms with van der Waals surface area (Å²) < 4.78 is 4.63. The summed E-state index contributed by atoms with van der Waals surface area (Å²) in [6.07, 6.45) is 3.17. The van der Waals surface area contributed by atoms with Gasteiger partial charge in [-0.05, 0) is 47.4 Å². The molecule has 0 spiro atoms. The molecule has 1 heterocycles. The summed E-state index contributed by atoms with van der Waals surface area (Å²) in [6, 6.07) is 10.2. The average molecular weight is 395 g/mol. The second-order valence-electron chi connectivity index (χ2n) is 7.38. The monoisotopic (exact) mass is 395 g/mol. The number of methoxy groups -OCH3 is 1. The summed E-state index contributed by atoms with van der Waals surface area (Å²) in [5.41, 5.74) is 0.588. The highest BCUT2D eigenvalue weighted by atomic mass is 16.5. The van der Waals surface area contributed by atoms with Crippen LogP contribution in [0.4, 0.5) is 0 Å². The molecule has 3 aromatic rings. The number of amides is 1. The van der Waals surface area contributed by atoms with Gasteiger partial charge < -0.3 is 20.1 Å². The molecule has 7 heteroatoms. The minimum Gasteiger partial charge on any atom is -0.467 e. The third kappa shape index (κ3) is 3.86. The van der Waals surface area contributed by atoms with E-state index in [1.807, 2.05) is 38.1 Å². The van der Waals surface area contributed by atoms with Crippen molar-refractivity contribution in [2.24, 2.45) is 5.92 Å². The Balaban J connectivity index is 1.93. The second-order valence-corrected chi connectivity index (χ2v) is 7.38. The number of imidazole rings is 1. The molecule has 0 saturated heterocycles. The Labute approximate surface area is 169 Å². The number of fused-ring (bicyclic) bond motifs is 1. The van der Waals surface area contributed by atoms with Crippen molar-refractivity contribution in [1.29, 1.82) is 0 Å². The van der Waals surface area contributed by atoms with Crippen LogP contribution in [0, 0.1) is 5.92 Å². The first-order valence-electron chi connectivity index (χ1n) is 9.41. The second kappa shape index (κ2) is 8.05. The Morgan fingerprint density at radius 1 is 1.14 bits per heavy atom. The molecular weight excluding hydrogens is 370 g/mol. The van der Waals surface area contributed by atoms with Gasteiger partial charge in [0.2, 0.25) is 0 Å². The molecule has 1 amide bonds. The molecule has 0 fully saturated rings. The fourth-order valence-electron chi connectivity index (χ4n) is 3.40. The van der Waals surface area contributed by atoms with Crippen molar-refractivity contribution in [2.45, 2.75) is 32.4 Å². The fraction of sp³-hybridized carbons (Fsp3) is 0.318. The maximum Gasteiger partial charge on any atom is 0.328 e. The quantitative estimate of drug-likeness (QED) is 0.557. The van der Waals surface area contributed by atoms with Gasteiger partial charge in [-0.2, -0.15) is 0 Å². The molecular formula is C22H25N3O4. The zero-order valence-corrected chi connectivity index (χ0v) is 16.9. The largest absolute Gasteiger partial charge is 0.467 e. The van der Waals surface area contributed by atoms with Crippen molar-refractivity contribution in [3.8, 4) is 0 Å². The number of aromatic amines is 1. The zero-order valence-electron chi connectivity index (χ0n) is 16.9. The van der Waals surface area contributed by atoms with E-state index in [0.29, 0.717) is 11.3 Å². The summed E-state index contributed by atoms with van der Waals surface area (Å²) in [4.78, 5) is 31.0. The van der Waals surface area contributed by atoms with Crippen molar-refractivity contribution in [2.75, 3.05) is 7.11 Å². The highest BCUT2D eigenvalue weighted by Crippen LogP contribution is 2.36. The number of rotatable bonds is 6. The van der Waals surface area contributed by atoms with Crippen LogP contribution < -0.4 is 5.32 Å². The standard InChI is InChI=1S/C22H25N3O4/c1-13(2)22(28,19-11-23-12-24-19)18-8-7-15-9-17(6-5-16(15)10-18)20(26)25-14(3)21(27)29-4/h5-14,28H,1-4H3,(H,23,24)(H,25,26)/t14-,22?/m0/s1. The van der Waals surface area contributed by atoms with Crippen LogP contribution >= 0.6 is 0 Å². The van der Waals surface area contributed by atoms with Crippen LogP contribution in [-0.4, -0.2) is 40.1 Å². The number of carbonyl (C=O) groups excluding carboxylic acids is 2. The molecule has 0 aliphatic rings. The molecule has 0 bridgehead atoms. The van der Waals surface area contributed by atoms with Crippen molar-refractivity contribution in [3.63, 3.8) is 0 Å². The first kappa shape index (κ1) is 20.5. The van der Waals surface area contributed by atoms with Crippen LogP contribution in [0.15, 0.2) is 48.9 Å². The number of H-pyrrole nitrogens is 1. The van der Waals surface area contributed by atoms with Gasteiger partial charge in [-0.3, -0.25) is 4.79 Å². The van der Waals surface area contributed by atoms with Gasteiger partial charge in [0.15, 0.2) is 0 Å².